The van der Waals surface area contributed by atoms with Crippen LogP contribution in [0.15, 0.2) is 45.5 Å². The number of anilines is 1. The molecule has 2 aromatic rings. The molecule has 1 aliphatic heterocycles. The van der Waals surface area contributed by atoms with E-state index < -0.39 is 0 Å². The molecule has 1 aromatic heterocycles. The van der Waals surface area contributed by atoms with Crippen molar-refractivity contribution in [2.45, 2.75) is 6.42 Å². The largest absolute Gasteiger partial charge is 0.444 e. The monoisotopic (exact) mass is 378 g/mol. The van der Waals surface area contributed by atoms with Crippen molar-refractivity contribution in [1.82, 2.24) is 5.32 Å². The van der Waals surface area contributed by atoms with Crippen molar-refractivity contribution in [3.63, 3.8) is 0 Å². The first-order valence-corrected chi connectivity index (χ1v) is 8.47. The molecule has 122 valence electrons. The average molecular weight is 379 g/mol. The van der Waals surface area contributed by atoms with Crippen molar-refractivity contribution in [3.05, 3.63) is 52.4 Å². The topological polar surface area (TPSA) is 54.7 Å². The Hall–Kier alpha value is -1.79. The number of carbonyl (C=O) groups is 1. The standard InChI is InChI=1S/C17H19BrN2O3/c18-16-6-5-15(23-16)17(21)19-8-7-13-1-3-14(4-2-13)20-9-11-22-12-10-20/h1-6H,7-12H2,(H,19,21). The van der Waals surface area contributed by atoms with Crippen LogP contribution in [0.5, 0.6) is 0 Å². The second kappa shape index (κ2) is 7.66. The third-order valence-corrected chi connectivity index (χ3v) is 4.24. The van der Waals surface area contributed by atoms with Crippen LogP contribution in [0, 0.1) is 0 Å². The van der Waals surface area contributed by atoms with Gasteiger partial charge in [0.25, 0.3) is 5.91 Å². The zero-order chi connectivity index (χ0) is 16.1. The fourth-order valence-corrected chi connectivity index (χ4v) is 2.85. The Balaban J connectivity index is 1.47. The number of hydrogen-bond donors (Lipinski definition) is 1. The molecule has 0 spiro atoms. The van der Waals surface area contributed by atoms with Crippen LogP contribution in [0.3, 0.4) is 0 Å². The van der Waals surface area contributed by atoms with Crippen LogP contribution in [0.4, 0.5) is 5.69 Å². The minimum absolute atomic E-state index is 0.194. The van der Waals surface area contributed by atoms with Crippen LogP contribution in [0.2, 0.25) is 0 Å². The molecular formula is C17H19BrN2O3. The summed E-state index contributed by atoms with van der Waals surface area (Å²) < 4.78 is 11.1. The van der Waals surface area contributed by atoms with Crippen LogP contribution in [-0.2, 0) is 11.2 Å². The second-order valence-corrected chi connectivity index (χ2v) is 6.16. The molecule has 23 heavy (non-hydrogen) atoms. The lowest BCUT2D eigenvalue weighted by atomic mass is 10.1. The van der Waals surface area contributed by atoms with Gasteiger partial charge in [-0.25, -0.2) is 0 Å². The van der Waals surface area contributed by atoms with E-state index in [9.17, 15) is 4.79 Å². The number of hydrogen-bond acceptors (Lipinski definition) is 4. The van der Waals surface area contributed by atoms with Crippen molar-refractivity contribution in [2.24, 2.45) is 0 Å². The Morgan fingerprint density at radius 3 is 2.52 bits per heavy atom. The van der Waals surface area contributed by atoms with E-state index in [2.05, 4.69) is 50.4 Å². The number of ether oxygens (including phenoxy) is 1. The van der Waals surface area contributed by atoms with Crippen molar-refractivity contribution < 1.29 is 13.9 Å². The number of nitrogens with one attached hydrogen (secondary N) is 1. The summed E-state index contributed by atoms with van der Waals surface area (Å²) in [6, 6.07) is 11.8. The van der Waals surface area contributed by atoms with Gasteiger partial charge in [-0.1, -0.05) is 12.1 Å². The van der Waals surface area contributed by atoms with E-state index in [4.69, 9.17) is 9.15 Å². The molecule has 1 aromatic carbocycles. The molecule has 5 nitrogen and oxygen atoms in total. The second-order valence-electron chi connectivity index (χ2n) is 5.38. The minimum Gasteiger partial charge on any atom is -0.444 e. The van der Waals surface area contributed by atoms with E-state index in [0.717, 1.165) is 32.7 Å². The molecule has 0 atom stereocenters. The molecule has 0 saturated carbocycles. The molecule has 3 rings (SSSR count). The highest BCUT2D eigenvalue weighted by Crippen LogP contribution is 2.17. The van der Waals surface area contributed by atoms with Gasteiger partial charge in [-0.05, 0) is 52.2 Å². The molecule has 0 aliphatic carbocycles. The van der Waals surface area contributed by atoms with Gasteiger partial charge in [0.15, 0.2) is 10.4 Å². The highest BCUT2D eigenvalue weighted by Gasteiger charge is 2.11. The summed E-state index contributed by atoms with van der Waals surface area (Å²) in [4.78, 5) is 14.2. The minimum atomic E-state index is -0.194. The summed E-state index contributed by atoms with van der Waals surface area (Å²) in [5.41, 5.74) is 2.42. The lowest BCUT2D eigenvalue weighted by Crippen LogP contribution is -2.36. The van der Waals surface area contributed by atoms with Gasteiger partial charge in [0.2, 0.25) is 0 Å². The number of nitrogens with zero attached hydrogens (tertiary/aromatic N) is 1. The van der Waals surface area contributed by atoms with Gasteiger partial charge in [-0.15, -0.1) is 0 Å². The molecule has 1 fully saturated rings. The SMILES string of the molecule is O=C(NCCc1ccc(N2CCOCC2)cc1)c1ccc(Br)o1. The quantitative estimate of drug-likeness (QED) is 0.868. The summed E-state index contributed by atoms with van der Waals surface area (Å²) in [5.74, 6) is 0.125. The van der Waals surface area contributed by atoms with E-state index in [1.54, 1.807) is 12.1 Å². The predicted molar refractivity (Wildman–Crippen MR) is 91.9 cm³/mol. The molecule has 1 N–H and O–H groups in total. The fraction of sp³-hybridized carbons (Fsp3) is 0.353. The molecule has 0 radical (unpaired) electrons. The third-order valence-electron chi connectivity index (χ3n) is 3.81. The summed E-state index contributed by atoms with van der Waals surface area (Å²) in [5, 5.41) is 2.86. The lowest BCUT2D eigenvalue weighted by Gasteiger charge is -2.28. The van der Waals surface area contributed by atoms with E-state index in [1.807, 2.05) is 0 Å². The number of amides is 1. The predicted octanol–water partition coefficient (Wildman–Crippen LogP) is 2.85. The van der Waals surface area contributed by atoms with E-state index in [-0.39, 0.29) is 5.91 Å². The van der Waals surface area contributed by atoms with E-state index in [1.165, 1.54) is 11.3 Å². The van der Waals surface area contributed by atoms with Crippen LogP contribution in [0.25, 0.3) is 0 Å². The van der Waals surface area contributed by atoms with E-state index >= 15 is 0 Å². The number of morpholine rings is 1. The normalized spacial score (nSPS) is 14.7. The first-order chi connectivity index (χ1) is 11.2. The lowest BCUT2D eigenvalue weighted by molar-refractivity contribution is 0.0925. The first-order valence-electron chi connectivity index (χ1n) is 7.67. The molecular weight excluding hydrogens is 360 g/mol. The van der Waals surface area contributed by atoms with Gasteiger partial charge >= 0.3 is 0 Å². The fourth-order valence-electron chi connectivity index (χ4n) is 2.54. The maximum absolute atomic E-state index is 11.9. The third kappa shape index (κ3) is 4.36. The number of rotatable bonds is 5. The summed E-state index contributed by atoms with van der Waals surface area (Å²) in [6.07, 6.45) is 0.789. The Labute approximate surface area is 143 Å². The zero-order valence-electron chi connectivity index (χ0n) is 12.8. The van der Waals surface area contributed by atoms with Crippen LogP contribution in [-0.4, -0.2) is 38.8 Å². The molecule has 0 unspecified atom stereocenters. The van der Waals surface area contributed by atoms with Gasteiger partial charge in [-0.2, -0.15) is 0 Å². The van der Waals surface area contributed by atoms with Gasteiger partial charge in [0, 0.05) is 25.3 Å². The first kappa shape index (κ1) is 16.1. The van der Waals surface area contributed by atoms with E-state index in [0.29, 0.717) is 17.0 Å². The highest BCUT2D eigenvalue weighted by molar-refractivity contribution is 9.10. The highest BCUT2D eigenvalue weighted by atomic mass is 79.9. The van der Waals surface area contributed by atoms with Crippen LogP contribution >= 0.6 is 15.9 Å². The molecule has 1 saturated heterocycles. The van der Waals surface area contributed by atoms with Crippen LogP contribution < -0.4 is 10.2 Å². The number of furan rings is 1. The Bertz CT molecular complexity index is 648. The van der Waals surface area contributed by atoms with Crippen molar-refractivity contribution in [2.75, 3.05) is 37.7 Å². The summed E-state index contributed by atoms with van der Waals surface area (Å²) in [6.45, 7) is 4.03. The smallest absolute Gasteiger partial charge is 0.287 e. The maximum atomic E-state index is 11.9. The van der Waals surface area contributed by atoms with Crippen molar-refractivity contribution >= 4 is 27.5 Å². The maximum Gasteiger partial charge on any atom is 0.287 e. The molecule has 1 aliphatic rings. The Morgan fingerprint density at radius 1 is 1.13 bits per heavy atom. The molecule has 1 amide bonds. The van der Waals surface area contributed by atoms with Crippen LogP contribution in [0.1, 0.15) is 16.1 Å². The zero-order valence-corrected chi connectivity index (χ0v) is 14.3. The summed E-state index contributed by atoms with van der Waals surface area (Å²) in [7, 11) is 0. The molecule has 6 heteroatoms. The average Bonchev–Trinajstić information content (AvgIpc) is 3.03. The summed E-state index contributed by atoms with van der Waals surface area (Å²) >= 11 is 3.19. The van der Waals surface area contributed by atoms with Crippen molar-refractivity contribution in [3.8, 4) is 0 Å². The molecule has 0 bridgehead atoms. The van der Waals surface area contributed by atoms with Gasteiger partial charge in [0.05, 0.1) is 13.2 Å². The van der Waals surface area contributed by atoms with Gasteiger partial charge < -0.3 is 19.4 Å². The Kier molecular flexibility index (Phi) is 5.35. The molecule has 2 heterocycles. The Morgan fingerprint density at radius 2 is 1.87 bits per heavy atom. The number of carbonyl (C=O) groups excluding carboxylic acids is 1. The number of benzene rings is 1. The van der Waals surface area contributed by atoms with Gasteiger partial charge in [0.1, 0.15) is 0 Å². The van der Waals surface area contributed by atoms with Gasteiger partial charge in [-0.3, -0.25) is 4.79 Å². The number of halogens is 1. The van der Waals surface area contributed by atoms with Crippen molar-refractivity contribution in [1.29, 1.82) is 0 Å².